The monoisotopic (exact) mass is 278 g/mol. The number of nitrogens with two attached hydrogens (primary N) is 1. The molecule has 0 aromatic heterocycles. The lowest BCUT2D eigenvalue weighted by Gasteiger charge is -2.56. The Bertz CT molecular complexity index is 441. The lowest BCUT2D eigenvalue weighted by Crippen LogP contribution is -2.64. The fourth-order valence-corrected chi connectivity index (χ4v) is 3.90. The molecule has 0 spiro atoms. The number of hydrogen-bond acceptors (Lipinski definition) is 2. The molecule has 1 atom stereocenters. The van der Waals surface area contributed by atoms with Gasteiger partial charge in [0.05, 0.1) is 5.54 Å². The van der Waals surface area contributed by atoms with Gasteiger partial charge in [0.2, 0.25) is 0 Å². The van der Waals surface area contributed by atoms with Gasteiger partial charge in [-0.1, -0.05) is 26.7 Å². The van der Waals surface area contributed by atoms with Crippen LogP contribution in [-0.2, 0) is 0 Å². The van der Waals surface area contributed by atoms with Crippen molar-refractivity contribution in [3.05, 3.63) is 30.1 Å². The number of anilines is 1. The molecule has 3 heteroatoms. The average Bonchev–Trinajstić information content (AvgIpc) is 2.43. The molecular weight excluding hydrogens is 251 g/mol. The first kappa shape index (κ1) is 15.3. The summed E-state index contributed by atoms with van der Waals surface area (Å²) in [5.74, 6) is -0.186. The molecule has 0 heterocycles. The van der Waals surface area contributed by atoms with E-state index in [4.69, 9.17) is 5.73 Å². The van der Waals surface area contributed by atoms with Gasteiger partial charge in [-0.2, -0.15) is 0 Å². The SMILES string of the molecule is CCN(c1ccc(F)cc1)C1(CN)CCCCC1(C)C. The van der Waals surface area contributed by atoms with Crippen molar-refractivity contribution in [1.82, 2.24) is 0 Å². The molecular formula is C17H27FN2. The summed E-state index contributed by atoms with van der Waals surface area (Å²) < 4.78 is 13.2. The number of hydrogen-bond donors (Lipinski definition) is 1. The average molecular weight is 278 g/mol. The Morgan fingerprint density at radius 2 is 1.75 bits per heavy atom. The summed E-state index contributed by atoms with van der Waals surface area (Å²) in [7, 11) is 0. The van der Waals surface area contributed by atoms with Gasteiger partial charge in [0.25, 0.3) is 0 Å². The van der Waals surface area contributed by atoms with E-state index in [1.54, 1.807) is 0 Å². The molecule has 0 amide bonds. The van der Waals surface area contributed by atoms with Crippen molar-refractivity contribution in [1.29, 1.82) is 0 Å². The van der Waals surface area contributed by atoms with Gasteiger partial charge in [0.15, 0.2) is 0 Å². The number of likely N-dealkylation sites (N-methyl/N-ethyl adjacent to an activating group) is 1. The molecule has 1 aromatic rings. The minimum atomic E-state index is -0.186. The largest absolute Gasteiger partial charge is 0.364 e. The highest BCUT2D eigenvalue weighted by molar-refractivity contribution is 5.50. The van der Waals surface area contributed by atoms with E-state index >= 15 is 0 Å². The minimum Gasteiger partial charge on any atom is -0.364 e. The minimum absolute atomic E-state index is 0.0299. The molecule has 20 heavy (non-hydrogen) atoms. The second-order valence-corrected chi connectivity index (χ2v) is 6.55. The van der Waals surface area contributed by atoms with E-state index in [2.05, 4.69) is 25.7 Å². The molecule has 2 N–H and O–H groups in total. The van der Waals surface area contributed by atoms with Crippen LogP contribution in [0.5, 0.6) is 0 Å². The quantitative estimate of drug-likeness (QED) is 0.903. The summed E-state index contributed by atoms with van der Waals surface area (Å²) in [5.41, 5.74) is 7.46. The molecule has 0 aliphatic heterocycles. The van der Waals surface area contributed by atoms with Crippen LogP contribution < -0.4 is 10.6 Å². The zero-order valence-corrected chi connectivity index (χ0v) is 13.0. The van der Waals surface area contributed by atoms with Crippen molar-refractivity contribution in [3.63, 3.8) is 0 Å². The van der Waals surface area contributed by atoms with Crippen molar-refractivity contribution in [2.24, 2.45) is 11.1 Å². The molecule has 1 aromatic carbocycles. The van der Waals surface area contributed by atoms with Gasteiger partial charge in [-0.05, 0) is 49.4 Å². The molecule has 2 rings (SSSR count). The Balaban J connectivity index is 2.43. The number of rotatable bonds is 4. The fraction of sp³-hybridized carbons (Fsp3) is 0.647. The molecule has 2 nitrogen and oxygen atoms in total. The molecule has 1 fully saturated rings. The number of nitrogens with zero attached hydrogens (tertiary/aromatic N) is 1. The topological polar surface area (TPSA) is 29.3 Å². The van der Waals surface area contributed by atoms with Crippen LogP contribution in [0.4, 0.5) is 10.1 Å². The van der Waals surface area contributed by atoms with Crippen LogP contribution >= 0.6 is 0 Å². The molecule has 1 unspecified atom stereocenters. The summed E-state index contributed by atoms with van der Waals surface area (Å²) in [5, 5.41) is 0. The maximum absolute atomic E-state index is 13.2. The summed E-state index contributed by atoms with van der Waals surface area (Å²) >= 11 is 0. The van der Waals surface area contributed by atoms with E-state index in [9.17, 15) is 4.39 Å². The summed E-state index contributed by atoms with van der Waals surface area (Å²) in [4.78, 5) is 2.39. The fourth-order valence-electron chi connectivity index (χ4n) is 3.90. The van der Waals surface area contributed by atoms with Crippen molar-refractivity contribution >= 4 is 5.69 Å². The predicted molar refractivity (Wildman–Crippen MR) is 83.5 cm³/mol. The Morgan fingerprint density at radius 3 is 2.25 bits per heavy atom. The van der Waals surface area contributed by atoms with Gasteiger partial charge < -0.3 is 10.6 Å². The second kappa shape index (κ2) is 5.72. The molecule has 0 saturated heterocycles. The highest BCUT2D eigenvalue weighted by Gasteiger charge is 2.49. The summed E-state index contributed by atoms with van der Waals surface area (Å²) in [6, 6.07) is 6.83. The predicted octanol–water partition coefficient (Wildman–Crippen LogP) is 3.95. The van der Waals surface area contributed by atoms with Gasteiger partial charge in [0, 0.05) is 18.8 Å². The van der Waals surface area contributed by atoms with E-state index < -0.39 is 0 Å². The zero-order chi connectivity index (χ0) is 14.8. The highest BCUT2D eigenvalue weighted by Crippen LogP contribution is 2.48. The Morgan fingerprint density at radius 1 is 1.15 bits per heavy atom. The van der Waals surface area contributed by atoms with Crippen LogP contribution in [0.1, 0.15) is 46.5 Å². The van der Waals surface area contributed by atoms with Crippen molar-refractivity contribution in [3.8, 4) is 0 Å². The maximum Gasteiger partial charge on any atom is 0.123 e. The third-order valence-corrected chi connectivity index (χ3v) is 5.21. The van der Waals surface area contributed by atoms with Crippen LogP contribution in [0.25, 0.3) is 0 Å². The lowest BCUT2D eigenvalue weighted by molar-refractivity contribution is 0.0970. The molecule has 1 aliphatic carbocycles. The first-order chi connectivity index (χ1) is 9.47. The van der Waals surface area contributed by atoms with Crippen LogP contribution in [0.3, 0.4) is 0 Å². The standard InChI is InChI=1S/C17H27FN2/c1-4-20(15-9-7-14(18)8-10-15)17(13-19)12-6-5-11-16(17,2)3/h7-10H,4-6,11-13,19H2,1-3H3. The van der Waals surface area contributed by atoms with Crippen LogP contribution in [0.15, 0.2) is 24.3 Å². The molecule has 1 saturated carbocycles. The first-order valence-corrected chi connectivity index (χ1v) is 7.70. The van der Waals surface area contributed by atoms with E-state index in [-0.39, 0.29) is 16.8 Å². The van der Waals surface area contributed by atoms with E-state index in [0.29, 0.717) is 6.54 Å². The third kappa shape index (κ3) is 2.44. The Hall–Kier alpha value is -1.09. The van der Waals surface area contributed by atoms with Gasteiger partial charge in [-0.25, -0.2) is 4.39 Å². The Labute approximate surface area is 122 Å². The number of halogens is 1. The second-order valence-electron chi connectivity index (χ2n) is 6.55. The zero-order valence-electron chi connectivity index (χ0n) is 13.0. The van der Waals surface area contributed by atoms with E-state index in [1.807, 2.05) is 12.1 Å². The van der Waals surface area contributed by atoms with Gasteiger partial charge in [-0.3, -0.25) is 0 Å². The molecule has 0 radical (unpaired) electrons. The lowest BCUT2D eigenvalue weighted by atomic mass is 9.62. The van der Waals surface area contributed by atoms with E-state index in [1.165, 1.54) is 31.4 Å². The van der Waals surface area contributed by atoms with Gasteiger partial charge in [-0.15, -0.1) is 0 Å². The van der Waals surface area contributed by atoms with Crippen LogP contribution in [0.2, 0.25) is 0 Å². The normalized spacial score (nSPS) is 25.4. The van der Waals surface area contributed by atoms with Crippen molar-refractivity contribution < 1.29 is 4.39 Å². The molecule has 1 aliphatic rings. The Kier molecular flexibility index (Phi) is 4.38. The summed E-state index contributed by atoms with van der Waals surface area (Å²) in [6.45, 7) is 8.35. The maximum atomic E-state index is 13.2. The van der Waals surface area contributed by atoms with Crippen molar-refractivity contribution in [2.75, 3.05) is 18.0 Å². The summed E-state index contributed by atoms with van der Waals surface area (Å²) in [6.07, 6.45) is 4.80. The highest BCUT2D eigenvalue weighted by atomic mass is 19.1. The molecule has 0 bridgehead atoms. The van der Waals surface area contributed by atoms with Crippen LogP contribution in [0, 0.1) is 11.2 Å². The molecule has 112 valence electrons. The van der Waals surface area contributed by atoms with Gasteiger partial charge >= 0.3 is 0 Å². The smallest absolute Gasteiger partial charge is 0.123 e. The van der Waals surface area contributed by atoms with Crippen LogP contribution in [-0.4, -0.2) is 18.6 Å². The van der Waals surface area contributed by atoms with Gasteiger partial charge in [0.1, 0.15) is 5.82 Å². The first-order valence-electron chi connectivity index (χ1n) is 7.70. The van der Waals surface area contributed by atoms with E-state index in [0.717, 1.165) is 18.7 Å². The van der Waals surface area contributed by atoms with Crippen molar-refractivity contribution in [2.45, 2.75) is 52.0 Å². The number of benzene rings is 1. The third-order valence-electron chi connectivity index (χ3n) is 5.21.